The lowest BCUT2D eigenvalue weighted by molar-refractivity contribution is -0.119. The van der Waals surface area contributed by atoms with E-state index in [9.17, 15) is 14.0 Å². The number of halogens is 1. The number of amides is 2. The van der Waals surface area contributed by atoms with Crippen molar-refractivity contribution in [3.8, 4) is 11.1 Å². The van der Waals surface area contributed by atoms with Gasteiger partial charge >= 0.3 is 6.09 Å². The van der Waals surface area contributed by atoms with Crippen molar-refractivity contribution in [3.63, 3.8) is 0 Å². The largest absolute Gasteiger partial charge is 0.442 e. The van der Waals surface area contributed by atoms with Crippen LogP contribution >= 0.6 is 0 Å². The second-order valence-electron chi connectivity index (χ2n) is 7.77. The van der Waals surface area contributed by atoms with Crippen LogP contribution in [0.1, 0.15) is 31.3 Å². The van der Waals surface area contributed by atoms with Gasteiger partial charge in [-0.25, -0.2) is 9.18 Å². The summed E-state index contributed by atoms with van der Waals surface area (Å²) in [5.41, 5.74) is 3.08. The van der Waals surface area contributed by atoms with Crippen molar-refractivity contribution in [1.29, 1.82) is 0 Å². The molecule has 0 aliphatic carbocycles. The number of hydrogen-bond acceptors (Lipinski definition) is 7. The number of ether oxygens (including phenoxy) is 1. The van der Waals surface area contributed by atoms with Gasteiger partial charge in [-0.15, -0.1) is 5.10 Å². The first-order chi connectivity index (χ1) is 15.9. The van der Waals surface area contributed by atoms with E-state index in [0.717, 1.165) is 11.4 Å². The van der Waals surface area contributed by atoms with E-state index >= 15 is 0 Å². The number of nitrogens with zero attached hydrogens (tertiary/aromatic N) is 4. The lowest BCUT2D eigenvalue weighted by Crippen LogP contribution is -2.33. The smallest absolute Gasteiger partial charge is 0.414 e. The molecule has 0 spiro atoms. The maximum atomic E-state index is 14.9. The van der Waals surface area contributed by atoms with E-state index in [1.54, 1.807) is 30.6 Å². The van der Waals surface area contributed by atoms with E-state index in [2.05, 4.69) is 31.0 Å². The Hall–Kier alpha value is -3.86. The third kappa shape index (κ3) is 5.32. The average molecular weight is 453 g/mol. The van der Waals surface area contributed by atoms with Crippen LogP contribution in [-0.2, 0) is 16.1 Å². The summed E-state index contributed by atoms with van der Waals surface area (Å²) in [4.78, 5) is 29.0. The van der Waals surface area contributed by atoms with Gasteiger partial charge in [0.15, 0.2) is 0 Å². The predicted molar refractivity (Wildman–Crippen MR) is 118 cm³/mol. The number of aromatic amines is 1. The first kappa shape index (κ1) is 22.3. The zero-order valence-corrected chi connectivity index (χ0v) is 18.2. The summed E-state index contributed by atoms with van der Waals surface area (Å²) in [6.45, 7) is 4.34. The van der Waals surface area contributed by atoms with Crippen LogP contribution < -0.4 is 15.5 Å². The second-order valence-corrected chi connectivity index (χ2v) is 7.77. The number of pyridine rings is 1. The highest BCUT2D eigenvalue weighted by atomic mass is 19.1. The van der Waals surface area contributed by atoms with E-state index in [0.29, 0.717) is 23.4 Å². The van der Waals surface area contributed by atoms with Crippen LogP contribution in [0.3, 0.4) is 0 Å². The summed E-state index contributed by atoms with van der Waals surface area (Å²) in [7, 11) is 0. The normalized spacial score (nSPS) is 16.5. The number of hydrogen-bond donors (Lipinski definition) is 3. The summed E-state index contributed by atoms with van der Waals surface area (Å²) >= 11 is 0. The van der Waals surface area contributed by atoms with Crippen molar-refractivity contribution in [2.75, 3.05) is 18.0 Å². The molecule has 1 aliphatic rings. The first-order valence-corrected chi connectivity index (χ1v) is 10.5. The lowest BCUT2D eigenvalue weighted by Gasteiger charge is -2.15. The van der Waals surface area contributed by atoms with Crippen molar-refractivity contribution in [2.45, 2.75) is 32.5 Å². The number of aromatic nitrogens is 4. The van der Waals surface area contributed by atoms with Gasteiger partial charge in [0.05, 0.1) is 36.4 Å². The van der Waals surface area contributed by atoms with Gasteiger partial charge in [-0.2, -0.15) is 0 Å². The monoisotopic (exact) mass is 453 g/mol. The van der Waals surface area contributed by atoms with E-state index in [-0.39, 0.29) is 25.0 Å². The van der Waals surface area contributed by atoms with E-state index in [1.807, 2.05) is 13.0 Å². The molecule has 2 atom stereocenters. The predicted octanol–water partition coefficient (Wildman–Crippen LogP) is 2.32. The van der Waals surface area contributed by atoms with Crippen molar-refractivity contribution in [3.05, 3.63) is 59.9 Å². The number of nitrogens with one attached hydrogen (secondary N) is 3. The third-order valence-corrected chi connectivity index (χ3v) is 5.34. The molecule has 0 saturated carbocycles. The molecule has 3 aromatic rings. The van der Waals surface area contributed by atoms with Gasteiger partial charge in [-0.3, -0.25) is 19.8 Å². The Balaban J connectivity index is 1.39. The Bertz CT molecular complexity index is 1120. The number of cyclic esters (lactones) is 1. The number of rotatable bonds is 8. The van der Waals surface area contributed by atoms with Crippen molar-refractivity contribution < 1.29 is 18.7 Å². The Morgan fingerprint density at radius 3 is 2.85 bits per heavy atom. The van der Waals surface area contributed by atoms with Crippen LogP contribution in [0.4, 0.5) is 14.9 Å². The van der Waals surface area contributed by atoms with Crippen LogP contribution in [0.15, 0.2) is 42.7 Å². The van der Waals surface area contributed by atoms with E-state index < -0.39 is 18.0 Å². The minimum Gasteiger partial charge on any atom is -0.442 e. The van der Waals surface area contributed by atoms with Gasteiger partial charge in [0.2, 0.25) is 5.91 Å². The topological polar surface area (TPSA) is 125 Å². The molecule has 3 heterocycles. The fourth-order valence-electron chi connectivity index (χ4n) is 3.47. The molecule has 0 bridgehead atoms. The van der Waals surface area contributed by atoms with Crippen molar-refractivity contribution >= 4 is 17.7 Å². The van der Waals surface area contributed by atoms with Gasteiger partial charge in [-0.1, -0.05) is 11.3 Å². The average Bonchev–Trinajstić information content (AvgIpc) is 3.46. The highest BCUT2D eigenvalue weighted by molar-refractivity contribution is 5.90. The summed E-state index contributed by atoms with van der Waals surface area (Å²) < 4.78 is 20.1. The van der Waals surface area contributed by atoms with Crippen LogP contribution in [0.5, 0.6) is 0 Å². The summed E-state index contributed by atoms with van der Waals surface area (Å²) in [5.74, 6) is -0.682. The second kappa shape index (κ2) is 9.74. The Morgan fingerprint density at radius 2 is 2.18 bits per heavy atom. The van der Waals surface area contributed by atoms with Crippen LogP contribution in [0.25, 0.3) is 11.1 Å². The van der Waals surface area contributed by atoms with Gasteiger partial charge in [0, 0.05) is 36.8 Å². The summed E-state index contributed by atoms with van der Waals surface area (Å²) in [6, 6.07) is 8.24. The minimum absolute atomic E-state index is 0.0292. The molecule has 33 heavy (non-hydrogen) atoms. The number of anilines is 1. The highest BCUT2D eigenvalue weighted by Crippen LogP contribution is 2.29. The zero-order chi connectivity index (χ0) is 23.4. The number of carbonyl (C=O) groups excluding carboxylic acids is 2. The van der Waals surface area contributed by atoms with Gasteiger partial charge in [-0.05, 0) is 31.2 Å². The molecule has 2 aromatic heterocycles. The number of carbonyl (C=O) groups is 2. The fourth-order valence-corrected chi connectivity index (χ4v) is 3.47. The molecule has 0 radical (unpaired) electrons. The molecule has 10 nitrogen and oxygen atoms in total. The fraction of sp³-hybridized carbons (Fsp3) is 0.318. The molecule has 1 saturated heterocycles. The lowest BCUT2D eigenvalue weighted by atomic mass is 10.1. The molecule has 1 fully saturated rings. The Morgan fingerprint density at radius 1 is 1.33 bits per heavy atom. The molecule has 172 valence electrons. The summed E-state index contributed by atoms with van der Waals surface area (Å²) in [5, 5.41) is 16.2. The maximum absolute atomic E-state index is 14.9. The van der Waals surface area contributed by atoms with Gasteiger partial charge in [0.25, 0.3) is 0 Å². The number of H-pyrrole nitrogens is 1. The number of benzene rings is 1. The van der Waals surface area contributed by atoms with Crippen molar-refractivity contribution in [1.82, 2.24) is 31.0 Å². The quantitative estimate of drug-likeness (QED) is 0.478. The van der Waals surface area contributed by atoms with Crippen molar-refractivity contribution in [2.24, 2.45) is 0 Å². The first-order valence-electron chi connectivity index (χ1n) is 10.5. The maximum Gasteiger partial charge on any atom is 0.414 e. The molecule has 3 N–H and O–H groups in total. The molecule has 1 aliphatic heterocycles. The highest BCUT2D eigenvalue weighted by Gasteiger charge is 2.32. The molecule has 11 heteroatoms. The van der Waals surface area contributed by atoms with Crippen LogP contribution in [-0.4, -0.2) is 51.6 Å². The molecular weight excluding hydrogens is 429 g/mol. The van der Waals surface area contributed by atoms with Crippen LogP contribution in [0.2, 0.25) is 0 Å². The van der Waals surface area contributed by atoms with E-state index in [1.165, 1.54) is 17.9 Å². The molecular formula is C22H24FN7O3. The molecule has 4 rings (SSSR count). The van der Waals surface area contributed by atoms with Gasteiger partial charge < -0.3 is 15.4 Å². The third-order valence-electron chi connectivity index (χ3n) is 5.34. The SMILES string of the molecule is CC(=O)NC[C@H]1CN(c2ccc(-c3ccc(CN[C@H](C)c4cnn[nH]4)nc3)c(F)c2)C(=O)O1. The van der Waals surface area contributed by atoms with Gasteiger partial charge in [0.1, 0.15) is 11.9 Å². The molecule has 1 aromatic carbocycles. The van der Waals surface area contributed by atoms with Crippen LogP contribution in [0, 0.1) is 5.82 Å². The molecule has 2 amide bonds. The van der Waals surface area contributed by atoms with E-state index in [4.69, 9.17) is 4.74 Å². The zero-order valence-electron chi connectivity index (χ0n) is 18.2. The minimum atomic E-state index is -0.573. The Kier molecular flexibility index (Phi) is 6.59. The Labute approximate surface area is 189 Å². The summed E-state index contributed by atoms with van der Waals surface area (Å²) in [6.07, 6.45) is 2.22. The molecule has 0 unspecified atom stereocenters. The standard InChI is InChI=1S/C22H24FN7O3/c1-13(21-11-27-29-28-21)24-9-16-4-3-15(8-26-16)19-6-5-17(7-20(19)23)30-12-18(33-22(30)32)10-25-14(2)31/h3-8,11,13,18,24H,9-10,12H2,1-2H3,(H,25,31)(H,27,28,29)/t13-,18+/m1/s1.